The van der Waals surface area contributed by atoms with E-state index >= 15 is 0 Å². The van der Waals surface area contributed by atoms with E-state index in [0.29, 0.717) is 26.2 Å². The maximum atomic E-state index is 13.1. The minimum Gasteiger partial charge on any atom is -0.481 e. The number of piperidine rings is 1. The third-order valence-electron chi connectivity index (χ3n) is 9.29. The Labute approximate surface area is 286 Å². The monoisotopic (exact) mass is 686 g/mol. The van der Waals surface area contributed by atoms with E-state index in [0.717, 1.165) is 48.0 Å². The van der Waals surface area contributed by atoms with Crippen LogP contribution in [0.5, 0.6) is 0 Å². The Balaban J connectivity index is 0.000000304. The number of sulfonamides is 1. The summed E-state index contributed by atoms with van der Waals surface area (Å²) in [7, 11) is -3.41. The molecule has 49 heavy (non-hydrogen) atoms. The highest BCUT2D eigenvalue weighted by atomic mass is 32.2. The van der Waals surface area contributed by atoms with Gasteiger partial charge in [0.25, 0.3) is 0 Å². The fourth-order valence-corrected chi connectivity index (χ4v) is 7.56. The van der Waals surface area contributed by atoms with Crippen LogP contribution in [-0.4, -0.2) is 95.7 Å². The first-order valence-corrected chi connectivity index (χ1v) is 18.0. The van der Waals surface area contributed by atoms with Crippen LogP contribution in [0.4, 0.5) is 5.69 Å². The number of fused-ring (bicyclic) bond motifs is 1. The van der Waals surface area contributed by atoms with Gasteiger partial charge in [-0.1, -0.05) is 66.8 Å². The van der Waals surface area contributed by atoms with E-state index in [2.05, 4.69) is 28.1 Å². The third-order valence-corrected chi connectivity index (χ3v) is 11.1. The second-order valence-corrected chi connectivity index (χ2v) is 14.7. The van der Waals surface area contributed by atoms with E-state index in [9.17, 15) is 22.8 Å². The lowest BCUT2D eigenvalue weighted by molar-refractivity contribution is -0.145. The summed E-state index contributed by atoms with van der Waals surface area (Å²) in [6.45, 7) is 4.81. The highest BCUT2D eigenvalue weighted by Gasteiger charge is 2.35. The molecule has 3 aliphatic rings. The van der Waals surface area contributed by atoms with Crippen molar-refractivity contribution in [1.29, 1.82) is 0 Å². The van der Waals surface area contributed by atoms with Gasteiger partial charge in [-0.25, -0.2) is 13.2 Å². The highest BCUT2D eigenvalue weighted by molar-refractivity contribution is 7.89. The van der Waals surface area contributed by atoms with Gasteiger partial charge >= 0.3 is 11.9 Å². The van der Waals surface area contributed by atoms with Crippen molar-refractivity contribution in [3.63, 3.8) is 0 Å². The highest BCUT2D eigenvalue weighted by Crippen LogP contribution is 2.31. The van der Waals surface area contributed by atoms with Crippen LogP contribution in [0.1, 0.15) is 31.7 Å². The molecule has 1 aromatic heterocycles. The Morgan fingerprint density at radius 1 is 0.918 bits per heavy atom. The molecule has 0 spiro atoms. The van der Waals surface area contributed by atoms with Crippen molar-refractivity contribution in [1.82, 2.24) is 14.2 Å². The number of hydrogen-bond acceptors (Lipinski definition) is 7. The number of aromatic nitrogens is 1. The number of carboxylic acids is 2. The van der Waals surface area contributed by atoms with Crippen LogP contribution >= 0.6 is 0 Å². The standard InChI is InChI=1S/C28H32N4O3S.C9H10O4/c33-28(25-11-15-30(16-12-25)27-9-13-29-14-10-27)31-17-19-32(20-18-31)36(34,35)21-3-4-23-7-8-24-5-1-2-6-26(24)22-23;1-9(8(12)13)4-2-3-6(5-9)7(10)11/h1-10,13-14,22,25H,11-12,15-21H2;2-4H,5H2,1H3,(H,10,11)(H,12,13). The van der Waals surface area contributed by atoms with Gasteiger partial charge in [-0.05, 0) is 60.7 Å². The molecule has 2 aliphatic heterocycles. The quantitative estimate of drug-likeness (QED) is 0.345. The number of rotatable bonds is 8. The zero-order valence-corrected chi connectivity index (χ0v) is 28.3. The topological polar surface area (TPSA) is 148 Å². The Morgan fingerprint density at radius 2 is 1.59 bits per heavy atom. The molecule has 1 aliphatic carbocycles. The van der Waals surface area contributed by atoms with Gasteiger partial charge in [-0.15, -0.1) is 0 Å². The molecule has 3 aromatic rings. The maximum absolute atomic E-state index is 13.1. The molecule has 2 aromatic carbocycles. The Bertz CT molecular complexity index is 1860. The van der Waals surface area contributed by atoms with E-state index in [1.807, 2.05) is 47.4 Å². The fourth-order valence-electron chi connectivity index (χ4n) is 6.29. The van der Waals surface area contributed by atoms with Gasteiger partial charge in [0, 0.05) is 68.8 Å². The van der Waals surface area contributed by atoms with Crippen LogP contribution in [0, 0.1) is 11.3 Å². The van der Waals surface area contributed by atoms with Crippen molar-refractivity contribution in [2.75, 3.05) is 49.9 Å². The molecule has 2 saturated heterocycles. The Hall–Kier alpha value is -4.81. The normalized spacial score (nSPS) is 20.5. The van der Waals surface area contributed by atoms with Crippen LogP contribution in [0.2, 0.25) is 0 Å². The zero-order valence-electron chi connectivity index (χ0n) is 27.5. The second kappa shape index (κ2) is 15.6. The lowest BCUT2D eigenvalue weighted by Gasteiger charge is -2.38. The number of carbonyl (C=O) groups excluding carboxylic acids is 1. The summed E-state index contributed by atoms with van der Waals surface area (Å²) >= 11 is 0. The van der Waals surface area contributed by atoms with Crippen molar-refractivity contribution in [2.45, 2.75) is 26.2 Å². The molecule has 2 N–H and O–H groups in total. The summed E-state index contributed by atoms with van der Waals surface area (Å²) in [6.07, 6.45) is 13.2. The Morgan fingerprint density at radius 3 is 2.24 bits per heavy atom. The first-order valence-electron chi connectivity index (χ1n) is 16.4. The number of allylic oxidation sites excluding steroid dienone is 2. The van der Waals surface area contributed by atoms with Gasteiger partial charge < -0.3 is 20.0 Å². The minimum atomic E-state index is -3.41. The number of anilines is 1. The lowest BCUT2D eigenvalue weighted by Crippen LogP contribution is -2.53. The van der Waals surface area contributed by atoms with Crippen LogP contribution in [0.25, 0.3) is 16.8 Å². The summed E-state index contributed by atoms with van der Waals surface area (Å²) in [6, 6.07) is 18.2. The summed E-state index contributed by atoms with van der Waals surface area (Å²) < 4.78 is 27.3. The van der Waals surface area contributed by atoms with E-state index in [1.165, 1.54) is 29.5 Å². The number of nitrogens with zero attached hydrogens (tertiary/aromatic N) is 4. The van der Waals surface area contributed by atoms with E-state index in [4.69, 9.17) is 10.2 Å². The van der Waals surface area contributed by atoms with Crippen LogP contribution in [0.15, 0.2) is 96.9 Å². The van der Waals surface area contributed by atoms with Crippen molar-refractivity contribution in [3.05, 3.63) is 102 Å². The molecule has 258 valence electrons. The lowest BCUT2D eigenvalue weighted by atomic mass is 9.80. The van der Waals surface area contributed by atoms with E-state index in [1.54, 1.807) is 18.5 Å². The molecule has 0 bridgehead atoms. The SMILES string of the molecule is CC1(C(=O)O)C=CC=C(C(=O)O)C1.O=C(C1CCN(c2ccncc2)CC1)N1CCN(S(=O)(=O)CC=Cc2ccc3ccccc3c2)CC1. The summed E-state index contributed by atoms with van der Waals surface area (Å²) in [5.41, 5.74) is 1.17. The van der Waals surface area contributed by atoms with Crippen LogP contribution in [0.3, 0.4) is 0 Å². The minimum absolute atomic E-state index is 0.0103. The van der Waals surface area contributed by atoms with Gasteiger partial charge in [0.1, 0.15) is 0 Å². The van der Waals surface area contributed by atoms with Gasteiger partial charge in [-0.2, -0.15) is 4.31 Å². The average Bonchev–Trinajstić information content (AvgIpc) is 3.12. The molecule has 12 heteroatoms. The second-order valence-electron chi connectivity index (χ2n) is 12.7. The van der Waals surface area contributed by atoms with Crippen LogP contribution < -0.4 is 4.90 Å². The van der Waals surface area contributed by atoms with Gasteiger partial charge in [-0.3, -0.25) is 14.6 Å². The molecular formula is C37H42N4O7S. The van der Waals surface area contributed by atoms with Gasteiger partial charge in [0.05, 0.1) is 11.2 Å². The molecule has 3 heterocycles. The first-order chi connectivity index (χ1) is 23.4. The number of carbonyl (C=O) groups is 3. The average molecular weight is 687 g/mol. The molecule has 6 rings (SSSR count). The molecule has 0 saturated carbocycles. The van der Waals surface area contributed by atoms with Crippen molar-refractivity contribution < 1.29 is 33.0 Å². The summed E-state index contributed by atoms with van der Waals surface area (Å²) in [5, 5.41) is 19.8. The number of piperazine rings is 1. The Kier molecular flexibility index (Phi) is 11.3. The molecular weight excluding hydrogens is 644 g/mol. The molecule has 0 radical (unpaired) electrons. The molecule has 11 nitrogen and oxygen atoms in total. The summed E-state index contributed by atoms with van der Waals surface area (Å²) in [4.78, 5) is 42.6. The fraction of sp³-hybridized carbons (Fsp3) is 0.351. The number of pyridine rings is 1. The predicted molar refractivity (Wildman–Crippen MR) is 189 cm³/mol. The van der Waals surface area contributed by atoms with Gasteiger partial charge in [0.2, 0.25) is 15.9 Å². The number of carboxylic acid groups (broad SMARTS) is 2. The molecule has 1 unspecified atom stereocenters. The number of hydrogen-bond donors (Lipinski definition) is 2. The number of benzene rings is 2. The molecule has 1 atom stereocenters. The van der Waals surface area contributed by atoms with E-state index in [-0.39, 0.29) is 29.6 Å². The largest absolute Gasteiger partial charge is 0.481 e. The van der Waals surface area contributed by atoms with Crippen LogP contribution in [-0.2, 0) is 24.4 Å². The van der Waals surface area contributed by atoms with E-state index < -0.39 is 27.4 Å². The number of amides is 1. The van der Waals surface area contributed by atoms with Crippen molar-refractivity contribution in [2.24, 2.45) is 11.3 Å². The smallest absolute Gasteiger partial charge is 0.331 e. The predicted octanol–water partition coefficient (Wildman–Crippen LogP) is 4.69. The first kappa shape index (κ1) is 35.5. The van der Waals surface area contributed by atoms with Crippen molar-refractivity contribution >= 4 is 50.4 Å². The molecule has 1 amide bonds. The van der Waals surface area contributed by atoms with Crippen molar-refractivity contribution in [3.8, 4) is 0 Å². The van der Waals surface area contributed by atoms with Gasteiger partial charge in [0.15, 0.2) is 0 Å². The third kappa shape index (κ3) is 9.01. The summed E-state index contributed by atoms with van der Waals surface area (Å²) in [5.74, 6) is -1.93. The number of aliphatic carboxylic acids is 2. The zero-order chi connectivity index (χ0) is 35.0. The molecule has 2 fully saturated rings. The maximum Gasteiger partial charge on any atom is 0.331 e.